The molecule has 0 saturated carbocycles. The Morgan fingerprint density at radius 2 is 1.28 bits per heavy atom. The second kappa shape index (κ2) is 9.26. The fraction of sp³-hybridized carbons (Fsp3) is 0. The molecule has 0 fully saturated rings. The molecule has 0 aliphatic carbocycles. The Labute approximate surface area is 275 Å². The summed E-state index contributed by atoms with van der Waals surface area (Å²) in [5, 5.41) is 2.52. The van der Waals surface area contributed by atoms with Gasteiger partial charge in [-0.3, -0.25) is 0 Å². The van der Waals surface area contributed by atoms with Gasteiger partial charge in [0.25, 0.3) is 0 Å². The first kappa shape index (κ1) is 25.2. The van der Waals surface area contributed by atoms with Gasteiger partial charge in [-0.1, -0.05) is 102 Å². The number of nitrogens with zero attached hydrogens (tertiary/aromatic N) is 2. The summed E-state index contributed by atoms with van der Waals surface area (Å²) >= 11 is 3.67. The van der Waals surface area contributed by atoms with Crippen LogP contribution in [0.5, 0.6) is 11.5 Å². The Balaban J connectivity index is 1.29. The highest BCUT2D eigenvalue weighted by Crippen LogP contribution is 2.57. The van der Waals surface area contributed by atoms with Crippen molar-refractivity contribution in [2.75, 3.05) is 9.71 Å². The fourth-order valence-electron chi connectivity index (χ4n) is 7.78. The van der Waals surface area contributed by atoms with E-state index >= 15 is 0 Å². The largest absolute Gasteiger partial charge is 0.455 e. The van der Waals surface area contributed by atoms with Crippen LogP contribution in [0.1, 0.15) is 0 Å². The molecule has 4 heterocycles. The van der Waals surface area contributed by atoms with Gasteiger partial charge in [0, 0.05) is 38.2 Å². The second-order valence-corrected chi connectivity index (χ2v) is 14.2. The third-order valence-electron chi connectivity index (χ3n) is 9.63. The Morgan fingerprint density at radius 3 is 2.22 bits per heavy atom. The van der Waals surface area contributed by atoms with Gasteiger partial charge in [-0.15, -0.1) is 0 Å². The number of hydrogen-bond donors (Lipinski definition) is 0. The number of para-hydroxylation sites is 4. The minimum absolute atomic E-state index is 0.0249. The standard InChI is InChI=1S/C40H23BN2OS2/c1-2-12-25(13-3-1)43-31-23-33-37(46-35-19-9-7-17-32(35)44-33)22-27(31)28-21-24-11-4-5-14-26(24)39-38(28)41(43)29-15-10-20-36-40(29)42(39)30-16-6-8-18-34(30)45-36/h1-23H. The minimum Gasteiger partial charge on any atom is -0.455 e. The van der Waals surface area contributed by atoms with E-state index in [9.17, 15) is 0 Å². The third-order valence-corrected chi connectivity index (χ3v) is 11.8. The Bertz CT molecular complexity index is 2450. The van der Waals surface area contributed by atoms with E-state index < -0.39 is 0 Å². The van der Waals surface area contributed by atoms with Gasteiger partial charge in [0.15, 0.2) is 0 Å². The zero-order chi connectivity index (χ0) is 29.9. The monoisotopic (exact) mass is 622 g/mol. The second-order valence-electron chi connectivity index (χ2n) is 12.1. The molecule has 0 aromatic heterocycles. The highest BCUT2D eigenvalue weighted by molar-refractivity contribution is 8.00. The molecule has 0 atom stereocenters. The van der Waals surface area contributed by atoms with E-state index in [2.05, 4.69) is 143 Å². The zero-order valence-corrected chi connectivity index (χ0v) is 26.1. The van der Waals surface area contributed by atoms with Gasteiger partial charge in [-0.25, -0.2) is 0 Å². The lowest BCUT2D eigenvalue weighted by Crippen LogP contribution is -2.62. The number of anilines is 5. The van der Waals surface area contributed by atoms with Crippen LogP contribution in [0, 0.1) is 0 Å². The smallest absolute Gasteiger partial charge is 0.333 e. The lowest BCUT2D eigenvalue weighted by Gasteiger charge is -2.48. The summed E-state index contributed by atoms with van der Waals surface area (Å²) in [5.74, 6) is 1.82. The van der Waals surface area contributed by atoms with Crippen LogP contribution in [0.3, 0.4) is 0 Å². The van der Waals surface area contributed by atoms with Gasteiger partial charge in [0.1, 0.15) is 11.5 Å². The Hall–Kier alpha value is -5.04. The molecule has 0 bridgehead atoms. The van der Waals surface area contributed by atoms with Crippen molar-refractivity contribution in [2.24, 2.45) is 0 Å². The summed E-state index contributed by atoms with van der Waals surface area (Å²) < 4.78 is 6.60. The van der Waals surface area contributed by atoms with E-state index in [-0.39, 0.29) is 6.85 Å². The predicted molar refractivity (Wildman–Crippen MR) is 192 cm³/mol. The zero-order valence-electron chi connectivity index (χ0n) is 24.5. The molecule has 7 aromatic carbocycles. The molecule has 0 spiro atoms. The quantitative estimate of drug-likeness (QED) is 0.169. The summed E-state index contributed by atoms with van der Waals surface area (Å²) in [6, 6.07) is 50.9. The molecular weight excluding hydrogens is 599 g/mol. The lowest BCUT2D eigenvalue weighted by molar-refractivity contribution is 0.455. The van der Waals surface area contributed by atoms with Crippen LogP contribution in [0.2, 0.25) is 0 Å². The number of benzene rings is 7. The minimum atomic E-state index is -0.0249. The highest BCUT2D eigenvalue weighted by atomic mass is 32.2. The van der Waals surface area contributed by atoms with Gasteiger partial charge in [-0.05, 0) is 76.5 Å². The van der Waals surface area contributed by atoms with Crippen molar-refractivity contribution >= 4 is 80.5 Å². The summed E-state index contributed by atoms with van der Waals surface area (Å²) in [7, 11) is 0. The molecule has 46 heavy (non-hydrogen) atoms. The predicted octanol–water partition coefficient (Wildman–Crippen LogP) is 10.3. The van der Waals surface area contributed by atoms with Crippen molar-refractivity contribution < 1.29 is 4.74 Å². The van der Waals surface area contributed by atoms with Crippen LogP contribution in [0.4, 0.5) is 28.4 Å². The SMILES string of the molecule is c1ccc(N2B3c4cccc5c4N(c4ccccc4S5)c4c3c(cc3ccccc43)-c3cc4c(cc32)Oc2ccccc2S4)cc1. The average molecular weight is 623 g/mol. The fourth-order valence-corrected chi connectivity index (χ4v) is 9.86. The molecule has 4 aliphatic heterocycles. The summed E-state index contributed by atoms with van der Waals surface area (Å²) in [4.78, 5) is 9.98. The molecule has 11 rings (SSSR count). The average Bonchev–Trinajstić information content (AvgIpc) is 3.11. The Morgan fingerprint density at radius 1 is 0.522 bits per heavy atom. The highest BCUT2D eigenvalue weighted by Gasteiger charge is 2.48. The van der Waals surface area contributed by atoms with Crippen LogP contribution < -0.4 is 25.4 Å². The summed E-state index contributed by atoms with van der Waals surface area (Å²) in [5.41, 5.74) is 11.3. The first-order valence-electron chi connectivity index (χ1n) is 15.5. The lowest BCUT2D eigenvalue weighted by atomic mass is 9.43. The van der Waals surface area contributed by atoms with E-state index in [1.807, 2.05) is 17.8 Å². The van der Waals surface area contributed by atoms with Crippen molar-refractivity contribution in [3.63, 3.8) is 0 Å². The molecule has 0 amide bonds. The number of hydrogen-bond acceptors (Lipinski definition) is 5. The van der Waals surface area contributed by atoms with E-state index in [1.165, 1.54) is 65.4 Å². The first-order valence-corrected chi connectivity index (χ1v) is 17.2. The van der Waals surface area contributed by atoms with E-state index in [0.29, 0.717) is 0 Å². The van der Waals surface area contributed by atoms with Crippen molar-refractivity contribution in [3.8, 4) is 22.6 Å². The van der Waals surface area contributed by atoms with Crippen LogP contribution >= 0.6 is 23.5 Å². The molecule has 7 aromatic rings. The van der Waals surface area contributed by atoms with Crippen LogP contribution in [0.15, 0.2) is 159 Å². The van der Waals surface area contributed by atoms with Crippen LogP contribution in [-0.4, -0.2) is 6.85 Å². The molecule has 0 N–H and O–H groups in total. The van der Waals surface area contributed by atoms with E-state index in [1.54, 1.807) is 11.8 Å². The van der Waals surface area contributed by atoms with Crippen molar-refractivity contribution in [2.45, 2.75) is 19.6 Å². The molecule has 0 radical (unpaired) electrons. The van der Waals surface area contributed by atoms with E-state index in [4.69, 9.17) is 4.74 Å². The van der Waals surface area contributed by atoms with Crippen LogP contribution in [0.25, 0.3) is 21.9 Å². The molecular formula is C40H23BN2OS2. The molecule has 0 unspecified atom stereocenters. The van der Waals surface area contributed by atoms with Gasteiger partial charge in [0.2, 0.25) is 0 Å². The maximum absolute atomic E-state index is 6.60. The van der Waals surface area contributed by atoms with Gasteiger partial charge in [0.05, 0.1) is 26.9 Å². The van der Waals surface area contributed by atoms with E-state index in [0.717, 1.165) is 27.0 Å². The van der Waals surface area contributed by atoms with Gasteiger partial charge >= 0.3 is 6.85 Å². The van der Waals surface area contributed by atoms with Crippen molar-refractivity contribution in [1.29, 1.82) is 0 Å². The molecule has 214 valence electrons. The molecule has 3 nitrogen and oxygen atoms in total. The topological polar surface area (TPSA) is 15.7 Å². The molecule has 0 saturated heterocycles. The van der Waals surface area contributed by atoms with Gasteiger partial charge < -0.3 is 14.4 Å². The summed E-state index contributed by atoms with van der Waals surface area (Å²) in [6.07, 6.45) is 0. The maximum Gasteiger partial charge on any atom is 0.333 e. The number of ether oxygens (including phenoxy) is 1. The van der Waals surface area contributed by atoms with Crippen LogP contribution in [-0.2, 0) is 0 Å². The number of rotatable bonds is 1. The molecule has 4 aliphatic rings. The molecule has 6 heteroatoms. The first-order chi connectivity index (χ1) is 22.8. The van der Waals surface area contributed by atoms with Crippen molar-refractivity contribution in [3.05, 3.63) is 140 Å². The van der Waals surface area contributed by atoms with Crippen molar-refractivity contribution in [1.82, 2.24) is 0 Å². The Kier molecular flexibility index (Phi) is 5.07. The van der Waals surface area contributed by atoms with Gasteiger partial charge in [-0.2, -0.15) is 0 Å². The summed E-state index contributed by atoms with van der Waals surface area (Å²) in [6.45, 7) is -0.0249. The third kappa shape index (κ3) is 3.32. The number of fused-ring (bicyclic) bond motifs is 10. The maximum atomic E-state index is 6.60. The normalized spacial score (nSPS) is 14.4.